The smallest absolute Gasteiger partial charge is 0.260 e. The molecule has 0 amide bonds. The molecule has 1 atom stereocenters. The van der Waals surface area contributed by atoms with Crippen LogP contribution in [0.2, 0.25) is 0 Å². The molecule has 0 fully saturated rings. The molecule has 0 saturated carbocycles. The largest absolute Gasteiger partial charge is 0.494 e. The number of aromatic hydroxyl groups is 1. The SMILES string of the molecule is COc1cc2c(cc1OC)[C@H](c1c(O)n(C)c(=S)[nH]c1=O)NCC2. The summed E-state index contributed by atoms with van der Waals surface area (Å²) in [6, 6.07) is 3.29. The van der Waals surface area contributed by atoms with E-state index in [0.29, 0.717) is 18.0 Å². The first-order chi connectivity index (χ1) is 11.5. The van der Waals surface area contributed by atoms with Gasteiger partial charge in [0.15, 0.2) is 16.3 Å². The number of aromatic nitrogens is 2. The minimum absolute atomic E-state index is 0.149. The molecule has 3 rings (SSSR count). The molecule has 1 aromatic carbocycles. The van der Waals surface area contributed by atoms with Crippen LogP contribution in [0.25, 0.3) is 0 Å². The summed E-state index contributed by atoms with van der Waals surface area (Å²) >= 11 is 5.03. The lowest BCUT2D eigenvalue weighted by atomic mass is 9.90. The monoisotopic (exact) mass is 349 g/mol. The summed E-state index contributed by atoms with van der Waals surface area (Å²) in [5.41, 5.74) is 1.74. The first-order valence-electron chi connectivity index (χ1n) is 7.48. The van der Waals surface area contributed by atoms with Crippen molar-refractivity contribution in [3.8, 4) is 17.4 Å². The summed E-state index contributed by atoms with van der Waals surface area (Å²) in [5, 5.41) is 13.7. The quantitative estimate of drug-likeness (QED) is 0.726. The minimum atomic E-state index is -0.459. The highest BCUT2D eigenvalue weighted by Gasteiger charge is 2.29. The van der Waals surface area contributed by atoms with E-state index < -0.39 is 11.6 Å². The van der Waals surface area contributed by atoms with Gasteiger partial charge in [0.05, 0.1) is 25.8 Å². The molecule has 0 bridgehead atoms. The van der Waals surface area contributed by atoms with Crippen molar-refractivity contribution in [2.45, 2.75) is 12.5 Å². The Kier molecular flexibility index (Phi) is 4.33. The van der Waals surface area contributed by atoms with Crippen LogP contribution >= 0.6 is 12.2 Å². The molecule has 3 N–H and O–H groups in total. The molecule has 1 aliphatic heterocycles. The van der Waals surface area contributed by atoms with Gasteiger partial charge in [0.25, 0.3) is 5.56 Å². The van der Waals surface area contributed by atoms with E-state index in [1.807, 2.05) is 12.1 Å². The van der Waals surface area contributed by atoms with Crippen LogP contribution in [0.3, 0.4) is 0 Å². The molecule has 7 nitrogen and oxygen atoms in total. The molecule has 128 valence electrons. The standard InChI is InChI=1S/C16H19N3O4S/c1-19-15(21)12(14(20)18-16(19)24)13-9-7-11(23-3)10(22-2)6-8(9)4-5-17-13/h6-7,13,17,21H,4-5H2,1-3H3,(H,18,20,24)/t13-/m1/s1. The Labute approximate surface area is 143 Å². The van der Waals surface area contributed by atoms with Crippen LogP contribution in [0, 0.1) is 4.77 Å². The predicted octanol–water partition coefficient (Wildman–Crippen LogP) is 1.40. The number of nitrogens with zero attached hydrogens (tertiary/aromatic N) is 1. The van der Waals surface area contributed by atoms with Crippen molar-refractivity contribution in [3.63, 3.8) is 0 Å². The highest BCUT2D eigenvalue weighted by atomic mass is 32.1. The summed E-state index contributed by atoms with van der Waals surface area (Å²) in [6.07, 6.45) is 0.788. The second-order valence-corrected chi connectivity index (χ2v) is 5.99. The van der Waals surface area contributed by atoms with E-state index in [1.54, 1.807) is 21.3 Å². The molecule has 2 heterocycles. The number of aromatic amines is 1. The van der Waals surface area contributed by atoms with Gasteiger partial charge in [-0.2, -0.15) is 0 Å². The normalized spacial score (nSPS) is 16.5. The van der Waals surface area contributed by atoms with Crippen molar-refractivity contribution in [2.75, 3.05) is 20.8 Å². The van der Waals surface area contributed by atoms with Crippen LogP contribution in [-0.4, -0.2) is 35.4 Å². The van der Waals surface area contributed by atoms with Crippen molar-refractivity contribution < 1.29 is 14.6 Å². The summed E-state index contributed by atoms with van der Waals surface area (Å²) in [6.45, 7) is 0.672. The molecular formula is C16H19N3O4S. The zero-order chi connectivity index (χ0) is 17.4. The fraction of sp³-hybridized carbons (Fsp3) is 0.375. The Hall–Kier alpha value is -2.32. The maximum absolute atomic E-state index is 12.4. The Morgan fingerprint density at radius 2 is 1.96 bits per heavy atom. The molecular weight excluding hydrogens is 330 g/mol. The van der Waals surface area contributed by atoms with Crippen LogP contribution in [0.15, 0.2) is 16.9 Å². The third-order valence-electron chi connectivity index (χ3n) is 4.32. The average molecular weight is 349 g/mol. The van der Waals surface area contributed by atoms with E-state index in [0.717, 1.165) is 17.5 Å². The topological polar surface area (TPSA) is 88.5 Å². The zero-order valence-electron chi connectivity index (χ0n) is 13.7. The van der Waals surface area contributed by atoms with Gasteiger partial charge in [-0.05, 0) is 41.9 Å². The summed E-state index contributed by atoms with van der Waals surface area (Å²) in [5.74, 6) is 1.07. The van der Waals surface area contributed by atoms with E-state index in [9.17, 15) is 9.90 Å². The molecule has 2 aromatic rings. The summed E-state index contributed by atoms with van der Waals surface area (Å²) < 4.78 is 12.3. The Bertz CT molecular complexity index is 903. The van der Waals surface area contributed by atoms with Gasteiger partial charge in [-0.25, -0.2) is 0 Å². The molecule has 1 aromatic heterocycles. The van der Waals surface area contributed by atoms with Crippen LogP contribution in [0.4, 0.5) is 0 Å². The van der Waals surface area contributed by atoms with Crippen LogP contribution in [0.5, 0.6) is 17.4 Å². The van der Waals surface area contributed by atoms with Crippen molar-refractivity contribution in [1.29, 1.82) is 0 Å². The fourth-order valence-corrected chi connectivity index (χ4v) is 3.21. The molecule has 0 saturated heterocycles. The number of ether oxygens (including phenoxy) is 2. The average Bonchev–Trinajstić information content (AvgIpc) is 2.58. The van der Waals surface area contributed by atoms with Gasteiger partial charge in [-0.15, -0.1) is 0 Å². The second kappa shape index (κ2) is 6.29. The van der Waals surface area contributed by atoms with Gasteiger partial charge in [0, 0.05) is 13.6 Å². The molecule has 0 spiro atoms. The Morgan fingerprint density at radius 3 is 2.62 bits per heavy atom. The van der Waals surface area contributed by atoms with Gasteiger partial charge in [0.2, 0.25) is 5.88 Å². The van der Waals surface area contributed by atoms with Gasteiger partial charge in [0.1, 0.15) is 0 Å². The van der Waals surface area contributed by atoms with Crippen LogP contribution in [-0.2, 0) is 13.5 Å². The van der Waals surface area contributed by atoms with Crippen molar-refractivity contribution in [1.82, 2.24) is 14.9 Å². The molecule has 0 unspecified atom stereocenters. The maximum atomic E-state index is 12.4. The van der Waals surface area contributed by atoms with Crippen molar-refractivity contribution in [3.05, 3.63) is 43.9 Å². The van der Waals surface area contributed by atoms with E-state index in [4.69, 9.17) is 21.7 Å². The maximum Gasteiger partial charge on any atom is 0.260 e. The van der Waals surface area contributed by atoms with E-state index in [2.05, 4.69) is 10.3 Å². The minimum Gasteiger partial charge on any atom is -0.494 e. The van der Waals surface area contributed by atoms with Crippen molar-refractivity contribution >= 4 is 12.2 Å². The second-order valence-electron chi connectivity index (χ2n) is 5.60. The number of rotatable bonds is 3. The lowest BCUT2D eigenvalue weighted by Gasteiger charge is -2.28. The fourth-order valence-electron chi connectivity index (χ4n) is 3.03. The first-order valence-corrected chi connectivity index (χ1v) is 7.89. The highest BCUT2D eigenvalue weighted by molar-refractivity contribution is 7.71. The molecule has 24 heavy (non-hydrogen) atoms. The number of fused-ring (bicyclic) bond motifs is 1. The van der Waals surface area contributed by atoms with Gasteiger partial charge >= 0.3 is 0 Å². The Balaban J connectivity index is 2.23. The highest BCUT2D eigenvalue weighted by Crippen LogP contribution is 2.38. The van der Waals surface area contributed by atoms with Gasteiger partial charge in [-0.1, -0.05) is 0 Å². The number of methoxy groups -OCH3 is 2. The van der Waals surface area contributed by atoms with Crippen molar-refractivity contribution in [2.24, 2.45) is 7.05 Å². The number of H-pyrrole nitrogens is 1. The van der Waals surface area contributed by atoms with Crippen LogP contribution < -0.4 is 20.3 Å². The van der Waals surface area contributed by atoms with Gasteiger partial charge in [-0.3, -0.25) is 14.3 Å². The number of nitrogens with one attached hydrogen (secondary N) is 2. The lowest BCUT2D eigenvalue weighted by molar-refractivity contribution is 0.352. The molecule has 0 aliphatic carbocycles. The lowest BCUT2D eigenvalue weighted by Crippen LogP contribution is -2.35. The van der Waals surface area contributed by atoms with E-state index in [1.165, 1.54) is 4.57 Å². The Morgan fingerprint density at radius 1 is 1.29 bits per heavy atom. The molecule has 1 aliphatic rings. The van der Waals surface area contributed by atoms with E-state index >= 15 is 0 Å². The zero-order valence-corrected chi connectivity index (χ0v) is 14.5. The predicted molar refractivity (Wildman–Crippen MR) is 91.6 cm³/mol. The first kappa shape index (κ1) is 16.5. The third-order valence-corrected chi connectivity index (χ3v) is 4.69. The van der Waals surface area contributed by atoms with Gasteiger partial charge < -0.3 is 19.9 Å². The summed E-state index contributed by atoms with van der Waals surface area (Å²) in [4.78, 5) is 15.0. The summed E-state index contributed by atoms with van der Waals surface area (Å²) in [7, 11) is 4.75. The third kappa shape index (κ3) is 2.57. The molecule has 0 radical (unpaired) electrons. The van der Waals surface area contributed by atoms with Crippen LogP contribution in [0.1, 0.15) is 22.7 Å². The van der Waals surface area contributed by atoms with E-state index in [-0.39, 0.29) is 16.2 Å². The number of hydrogen-bond acceptors (Lipinski definition) is 6. The molecule has 8 heteroatoms. The number of benzene rings is 1. The number of hydrogen-bond donors (Lipinski definition) is 3.